The van der Waals surface area contributed by atoms with E-state index < -0.39 is 28.0 Å². The van der Waals surface area contributed by atoms with E-state index in [1.54, 1.807) is 13.0 Å². The van der Waals surface area contributed by atoms with Crippen LogP contribution in [0.15, 0.2) is 42.5 Å². The summed E-state index contributed by atoms with van der Waals surface area (Å²) in [5, 5.41) is 2.53. The van der Waals surface area contributed by atoms with Crippen molar-refractivity contribution in [1.82, 2.24) is 0 Å². The van der Waals surface area contributed by atoms with Gasteiger partial charge in [0.25, 0.3) is 5.91 Å². The Bertz CT molecular complexity index is 942. The molecular weight excluding hydrogens is 385 g/mol. The number of nitrogens with zero attached hydrogens (tertiary/aromatic N) is 1. The largest absolute Gasteiger partial charge is 0.573 e. The minimum Gasteiger partial charge on any atom is -0.406 e. The Morgan fingerprint density at radius 1 is 1.11 bits per heavy atom. The van der Waals surface area contributed by atoms with Crippen molar-refractivity contribution in [3.05, 3.63) is 53.6 Å². The number of hydrogen-bond donors (Lipinski definition) is 1. The van der Waals surface area contributed by atoms with Crippen LogP contribution in [0, 0.1) is 6.92 Å². The number of halogens is 3. The van der Waals surface area contributed by atoms with Crippen LogP contribution in [0.4, 0.5) is 24.5 Å². The normalized spacial score (nSPS) is 11.8. The number of sulfonamides is 1. The van der Waals surface area contributed by atoms with Crippen LogP contribution in [0.25, 0.3) is 0 Å². The van der Waals surface area contributed by atoms with Gasteiger partial charge in [0.05, 0.1) is 11.9 Å². The number of anilines is 2. The molecule has 0 bridgehead atoms. The number of carbonyl (C=O) groups excluding carboxylic acids is 1. The first-order chi connectivity index (χ1) is 12.4. The van der Waals surface area contributed by atoms with Crippen LogP contribution in [0.1, 0.15) is 15.9 Å². The summed E-state index contributed by atoms with van der Waals surface area (Å²) in [7, 11) is -2.13. The molecule has 0 aliphatic heterocycles. The van der Waals surface area contributed by atoms with Crippen LogP contribution in [-0.4, -0.2) is 34.0 Å². The van der Waals surface area contributed by atoms with Crippen LogP contribution < -0.4 is 14.4 Å². The van der Waals surface area contributed by atoms with Gasteiger partial charge in [-0.25, -0.2) is 8.42 Å². The number of benzene rings is 2. The van der Waals surface area contributed by atoms with Gasteiger partial charge in [-0.3, -0.25) is 9.10 Å². The lowest BCUT2D eigenvalue weighted by Crippen LogP contribution is -2.26. The summed E-state index contributed by atoms with van der Waals surface area (Å²) < 4.78 is 64.7. The van der Waals surface area contributed by atoms with Gasteiger partial charge in [-0.15, -0.1) is 13.2 Å². The molecule has 0 radical (unpaired) electrons. The van der Waals surface area contributed by atoms with E-state index in [2.05, 4.69) is 10.1 Å². The fraction of sp³-hybridized carbons (Fsp3) is 0.235. The second-order valence-electron chi connectivity index (χ2n) is 5.76. The number of hydrogen-bond acceptors (Lipinski definition) is 4. The van der Waals surface area contributed by atoms with Gasteiger partial charge in [-0.1, -0.05) is 6.07 Å². The molecule has 6 nitrogen and oxygen atoms in total. The molecule has 0 unspecified atom stereocenters. The molecule has 27 heavy (non-hydrogen) atoms. The Morgan fingerprint density at radius 2 is 1.70 bits per heavy atom. The topological polar surface area (TPSA) is 75.7 Å². The molecule has 2 aromatic carbocycles. The third-order valence-electron chi connectivity index (χ3n) is 3.65. The first-order valence-electron chi connectivity index (χ1n) is 7.58. The van der Waals surface area contributed by atoms with Crippen molar-refractivity contribution >= 4 is 27.3 Å². The summed E-state index contributed by atoms with van der Waals surface area (Å²) in [6.45, 7) is 1.71. The van der Waals surface area contributed by atoms with E-state index in [0.29, 0.717) is 11.3 Å². The summed E-state index contributed by atoms with van der Waals surface area (Å²) in [5.74, 6) is -0.949. The Hall–Kier alpha value is -2.75. The van der Waals surface area contributed by atoms with Crippen molar-refractivity contribution in [3.63, 3.8) is 0 Å². The summed E-state index contributed by atoms with van der Waals surface area (Å²) >= 11 is 0. The van der Waals surface area contributed by atoms with Crippen LogP contribution >= 0.6 is 0 Å². The standard InChI is InChI=1S/C17H17F3N2O4S/c1-11-4-5-12(10-15(11)22(2)27(3,24)25)16(23)21-13-6-8-14(9-7-13)26-17(18,19)20/h4-10H,1-3H3,(H,21,23). The SMILES string of the molecule is Cc1ccc(C(=O)Nc2ccc(OC(F)(F)F)cc2)cc1N(C)S(C)(=O)=O. The van der Waals surface area contributed by atoms with E-state index >= 15 is 0 Å². The molecule has 0 aliphatic carbocycles. The average Bonchev–Trinajstić information content (AvgIpc) is 2.54. The quantitative estimate of drug-likeness (QED) is 0.830. The average molecular weight is 402 g/mol. The molecule has 0 heterocycles. The van der Waals surface area contributed by atoms with Gasteiger partial charge in [0.1, 0.15) is 5.75 Å². The van der Waals surface area contributed by atoms with Gasteiger partial charge in [0.15, 0.2) is 0 Å². The zero-order valence-corrected chi connectivity index (χ0v) is 15.5. The van der Waals surface area contributed by atoms with Crippen LogP contribution in [-0.2, 0) is 10.0 Å². The number of amides is 1. The molecule has 0 aliphatic rings. The summed E-state index contributed by atoms with van der Waals surface area (Å²) in [5.41, 5.74) is 1.46. The summed E-state index contributed by atoms with van der Waals surface area (Å²) in [6, 6.07) is 9.21. The van der Waals surface area contributed by atoms with Gasteiger partial charge in [0, 0.05) is 18.3 Å². The lowest BCUT2D eigenvalue weighted by Gasteiger charge is -2.19. The molecule has 0 saturated carbocycles. The molecule has 1 N–H and O–H groups in total. The van der Waals surface area contributed by atoms with E-state index in [9.17, 15) is 26.4 Å². The molecule has 0 aromatic heterocycles. The van der Waals surface area contributed by atoms with Gasteiger partial charge in [-0.05, 0) is 48.9 Å². The molecule has 0 spiro atoms. The van der Waals surface area contributed by atoms with E-state index in [1.807, 2.05) is 0 Å². The highest BCUT2D eigenvalue weighted by molar-refractivity contribution is 7.92. The van der Waals surface area contributed by atoms with Gasteiger partial charge < -0.3 is 10.1 Å². The van der Waals surface area contributed by atoms with E-state index in [1.165, 1.54) is 31.3 Å². The highest BCUT2D eigenvalue weighted by atomic mass is 32.2. The number of rotatable bonds is 5. The first kappa shape index (κ1) is 20.6. The molecule has 2 rings (SSSR count). The maximum atomic E-state index is 12.4. The van der Waals surface area contributed by atoms with Crippen LogP contribution in [0.3, 0.4) is 0 Å². The summed E-state index contributed by atoms with van der Waals surface area (Å²) in [4.78, 5) is 12.4. The fourth-order valence-electron chi connectivity index (χ4n) is 2.21. The van der Waals surface area contributed by atoms with Crippen molar-refractivity contribution in [2.45, 2.75) is 13.3 Å². The van der Waals surface area contributed by atoms with Crippen molar-refractivity contribution in [2.24, 2.45) is 0 Å². The number of alkyl halides is 3. The molecule has 146 valence electrons. The van der Waals surface area contributed by atoms with Crippen molar-refractivity contribution in [1.29, 1.82) is 0 Å². The molecule has 0 atom stereocenters. The van der Waals surface area contributed by atoms with E-state index in [0.717, 1.165) is 22.7 Å². The molecular formula is C17H17F3N2O4S. The maximum Gasteiger partial charge on any atom is 0.573 e. The Kier molecular flexibility index (Phi) is 5.69. The zero-order valence-electron chi connectivity index (χ0n) is 14.7. The second-order valence-corrected chi connectivity index (χ2v) is 7.77. The lowest BCUT2D eigenvalue weighted by molar-refractivity contribution is -0.274. The predicted octanol–water partition coefficient (Wildman–Crippen LogP) is 3.54. The second kappa shape index (κ2) is 7.47. The zero-order chi connectivity index (χ0) is 20.4. The number of carbonyl (C=O) groups is 1. The third kappa shape index (κ3) is 5.61. The van der Waals surface area contributed by atoms with Gasteiger partial charge in [-0.2, -0.15) is 0 Å². The minimum atomic E-state index is -4.80. The lowest BCUT2D eigenvalue weighted by atomic mass is 10.1. The Balaban J connectivity index is 2.19. The number of nitrogens with one attached hydrogen (secondary N) is 1. The highest BCUT2D eigenvalue weighted by Gasteiger charge is 2.31. The maximum absolute atomic E-state index is 12.4. The van der Waals surface area contributed by atoms with E-state index in [-0.39, 0.29) is 11.3 Å². The molecule has 2 aromatic rings. The number of aryl methyl sites for hydroxylation is 1. The smallest absolute Gasteiger partial charge is 0.406 e. The monoisotopic (exact) mass is 402 g/mol. The molecule has 0 fully saturated rings. The first-order valence-corrected chi connectivity index (χ1v) is 9.43. The molecule has 1 amide bonds. The Morgan fingerprint density at radius 3 is 2.22 bits per heavy atom. The van der Waals surface area contributed by atoms with E-state index in [4.69, 9.17) is 0 Å². The fourth-order valence-corrected chi connectivity index (χ4v) is 2.77. The summed E-state index contributed by atoms with van der Waals surface area (Å²) in [6.07, 6.45) is -3.75. The van der Waals surface area contributed by atoms with Crippen molar-refractivity contribution in [2.75, 3.05) is 22.9 Å². The van der Waals surface area contributed by atoms with Crippen molar-refractivity contribution < 1.29 is 31.1 Å². The van der Waals surface area contributed by atoms with Crippen LogP contribution in [0.2, 0.25) is 0 Å². The molecule has 0 saturated heterocycles. The predicted molar refractivity (Wildman–Crippen MR) is 95.5 cm³/mol. The van der Waals surface area contributed by atoms with Crippen molar-refractivity contribution in [3.8, 4) is 5.75 Å². The molecule has 10 heteroatoms. The third-order valence-corrected chi connectivity index (χ3v) is 4.85. The highest BCUT2D eigenvalue weighted by Crippen LogP contribution is 2.25. The van der Waals surface area contributed by atoms with Crippen LogP contribution in [0.5, 0.6) is 5.75 Å². The Labute approximate surface area is 154 Å². The van der Waals surface area contributed by atoms with Gasteiger partial charge in [0.2, 0.25) is 10.0 Å². The number of ether oxygens (including phenoxy) is 1. The minimum absolute atomic E-state index is 0.196. The van der Waals surface area contributed by atoms with Gasteiger partial charge >= 0.3 is 6.36 Å².